The highest BCUT2D eigenvalue weighted by Gasteiger charge is 2.22. The first kappa shape index (κ1) is 12.1. The third-order valence-corrected chi connectivity index (χ3v) is 3.05. The van der Waals surface area contributed by atoms with Gasteiger partial charge >= 0.3 is 0 Å². The molecule has 90 valence electrons. The van der Waals surface area contributed by atoms with Crippen LogP contribution in [-0.2, 0) is 4.74 Å². The summed E-state index contributed by atoms with van der Waals surface area (Å²) in [6.45, 7) is 2.04. The maximum absolute atomic E-state index is 5.86. The minimum absolute atomic E-state index is 0.135. The molecule has 0 aliphatic carbocycles. The van der Waals surface area contributed by atoms with Crippen molar-refractivity contribution < 1.29 is 14.2 Å². The molecule has 0 amide bonds. The minimum atomic E-state index is -0.135. The van der Waals surface area contributed by atoms with Crippen molar-refractivity contribution in [2.75, 3.05) is 19.6 Å². The lowest BCUT2D eigenvalue weighted by molar-refractivity contribution is 0.163. The lowest BCUT2D eigenvalue weighted by Gasteiger charge is -2.05. The largest absolute Gasteiger partial charge is 0.452 e. The van der Waals surface area contributed by atoms with Gasteiger partial charge in [-0.2, -0.15) is 0 Å². The Kier molecular flexibility index (Phi) is 3.46. The number of nitrogens with two attached hydrogens (primary N) is 1. The second-order valence-electron chi connectivity index (χ2n) is 3.53. The average Bonchev–Trinajstić information content (AvgIpc) is 2.81. The van der Waals surface area contributed by atoms with Gasteiger partial charge in [0.1, 0.15) is 6.10 Å². The molecule has 0 spiro atoms. The summed E-state index contributed by atoms with van der Waals surface area (Å²) in [5.74, 6) is 7.10. The van der Waals surface area contributed by atoms with Gasteiger partial charge in [0.15, 0.2) is 11.5 Å². The van der Waals surface area contributed by atoms with Crippen LogP contribution < -0.4 is 15.2 Å². The van der Waals surface area contributed by atoms with Gasteiger partial charge in [-0.05, 0) is 28.9 Å². The molecule has 1 aliphatic heterocycles. The van der Waals surface area contributed by atoms with Crippen molar-refractivity contribution in [3.8, 4) is 23.3 Å². The number of rotatable bonds is 1. The molecule has 1 aliphatic rings. The summed E-state index contributed by atoms with van der Waals surface area (Å²) < 4.78 is 16.5. The zero-order chi connectivity index (χ0) is 12.4. The Morgan fingerprint density at radius 3 is 2.88 bits per heavy atom. The topological polar surface area (TPSA) is 53.7 Å². The van der Waals surface area contributed by atoms with Gasteiger partial charge in [-0.1, -0.05) is 11.8 Å². The third kappa shape index (κ3) is 2.33. The van der Waals surface area contributed by atoms with Gasteiger partial charge in [-0.15, -0.1) is 0 Å². The van der Waals surface area contributed by atoms with Crippen LogP contribution in [0.2, 0.25) is 0 Å². The summed E-state index contributed by atoms with van der Waals surface area (Å²) in [4.78, 5) is 0. The Morgan fingerprint density at radius 2 is 2.18 bits per heavy atom. The fourth-order valence-corrected chi connectivity index (χ4v) is 1.80. The van der Waals surface area contributed by atoms with Crippen molar-refractivity contribution in [3.63, 3.8) is 0 Å². The molecule has 0 fully saturated rings. The van der Waals surface area contributed by atoms with Crippen LogP contribution in [0, 0.1) is 11.8 Å². The normalized spacial score (nSPS) is 14.1. The van der Waals surface area contributed by atoms with Crippen molar-refractivity contribution in [2.24, 2.45) is 0 Å². The van der Waals surface area contributed by atoms with Gasteiger partial charge in [-0.25, -0.2) is 0 Å². The van der Waals surface area contributed by atoms with Gasteiger partial charge in [0.2, 0.25) is 6.79 Å². The number of nitrogen functional groups attached to an aromatic ring is 1. The van der Waals surface area contributed by atoms with Crippen LogP contribution in [0.1, 0.15) is 12.5 Å². The Bertz CT molecular complexity index is 505. The molecule has 1 aromatic carbocycles. The summed E-state index contributed by atoms with van der Waals surface area (Å²) in [7, 11) is 1.61. The molecule has 2 rings (SSSR count). The number of hydrogen-bond acceptors (Lipinski definition) is 4. The average molecular weight is 298 g/mol. The monoisotopic (exact) mass is 297 g/mol. The second kappa shape index (κ2) is 4.86. The van der Waals surface area contributed by atoms with Gasteiger partial charge in [0, 0.05) is 11.6 Å². The van der Waals surface area contributed by atoms with E-state index in [1.165, 1.54) is 0 Å². The number of halogens is 1. The quantitative estimate of drug-likeness (QED) is 0.637. The Morgan fingerprint density at radius 1 is 1.47 bits per heavy atom. The predicted molar refractivity (Wildman–Crippen MR) is 68.0 cm³/mol. The molecular formula is C12H12BrNO3. The molecule has 4 nitrogen and oxygen atoms in total. The zero-order valence-corrected chi connectivity index (χ0v) is 11.1. The highest BCUT2D eigenvalue weighted by Crippen LogP contribution is 2.44. The van der Waals surface area contributed by atoms with E-state index < -0.39 is 0 Å². The lowest BCUT2D eigenvalue weighted by atomic mass is 10.1. The van der Waals surface area contributed by atoms with Gasteiger partial charge in [0.25, 0.3) is 0 Å². The SMILES string of the molecule is COC(C)C#Cc1cc(Br)c(N)c2c1OCO2. The van der Waals surface area contributed by atoms with Crippen molar-refractivity contribution in [1.82, 2.24) is 0 Å². The van der Waals surface area contributed by atoms with Crippen LogP contribution in [0.25, 0.3) is 0 Å². The van der Waals surface area contributed by atoms with Crippen molar-refractivity contribution in [2.45, 2.75) is 13.0 Å². The van der Waals surface area contributed by atoms with E-state index in [1.807, 2.05) is 13.0 Å². The molecule has 5 heteroatoms. The maximum Gasteiger partial charge on any atom is 0.231 e. The summed E-state index contributed by atoms with van der Waals surface area (Å²) in [5, 5.41) is 0. The van der Waals surface area contributed by atoms with Crippen LogP contribution in [0.3, 0.4) is 0 Å². The molecule has 1 unspecified atom stereocenters. The summed E-state index contributed by atoms with van der Waals surface area (Å²) in [6, 6.07) is 1.82. The molecule has 0 saturated carbocycles. The van der Waals surface area contributed by atoms with Crippen LogP contribution in [0.15, 0.2) is 10.5 Å². The number of hydrogen-bond donors (Lipinski definition) is 1. The standard InChI is InChI=1S/C12H12BrNO3/c1-7(15-2)3-4-8-5-9(13)10(14)12-11(8)16-6-17-12/h5,7H,6,14H2,1-2H3. The highest BCUT2D eigenvalue weighted by molar-refractivity contribution is 9.10. The molecule has 2 N–H and O–H groups in total. The van der Waals surface area contributed by atoms with Crippen LogP contribution in [0.4, 0.5) is 5.69 Å². The van der Waals surface area contributed by atoms with E-state index in [0.717, 1.165) is 10.0 Å². The first-order chi connectivity index (χ1) is 8.13. The molecule has 0 radical (unpaired) electrons. The third-order valence-electron chi connectivity index (χ3n) is 2.39. The van der Waals surface area contributed by atoms with Gasteiger partial charge < -0.3 is 19.9 Å². The van der Waals surface area contributed by atoms with Crippen LogP contribution in [0.5, 0.6) is 11.5 Å². The van der Waals surface area contributed by atoms with E-state index >= 15 is 0 Å². The number of methoxy groups -OCH3 is 1. The minimum Gasteiger partial charge on any atom is -0.452 e. The number of anilines is 1. The van der Waals surface area contributed by atoms with Crippen LogP contribution in [-0.4, -0.2) is 20.0 Å². The van der Waals surface area contributed by atoms with E-state index in [0.29, 0.717) is 17.2 Å². The Hall–Kier alpha value is -1.38. The molecule has 17 heavy (non-hydrogen) atoms. The van der Waals surface area contributed by atoms with E-state index in [9.17, 15) is 0 Å². The van der Waals surface area contributed by atoms with Crippen molar-refractivity contribution in [3.05, 3.63) is 16.1 Å². The maximum atomic E-state index is 5.86. The van der Waals surface area contributed by atoms with Gasteiger partial charge in [0.05, 0.1) is 11.3 Å². The molecular weight excluding hydrogens is 286 g/mol. The van der Waals surface area contributed by atoms with Crippen LogP contribution >= 0.6 is 15.9 Å². The first-order valence-electron chi connectivity index (χ1n) is 5.05. The highest BCUT2D eigenvalue weighted by atomic mass is 79.9. The van der Waals surface area contributed by atoms with E-state index in [2.05, 4.69) is 27.8 Å². The Labute approximate surface area is 108 Å². The van der Waals surface area contributed by atoms with Crippen molar-refractivity contribution >= 4 is 21.6 Å². The predicted octanol–water partition coefficient (Wildman–Crippen LogP) is 2.15. The molecule has 0 saturated heterocycles. The fraction of sp³-hybridized carbons (Fsp3) is 0.333. The van der Waals surface area contributed by atoms with Gasteiger partial charge in [-0.3, -0.25) is 0 Å². The molecule has 0 bridgehead atoms. The zero-order valence-electron chi connectivity index (χ0n) is 9.54. The molecule has 1 aromatic rings. The second-order valence-corrected chi connectivity index (χ2v) is 4.39. The number of ether oxygens (including phenoxy) is 3. The number of benzene rings is 1. The lowest BCUT2D eigenvalue weighted by Crippen LogP contribution is -1.99. The van der Waals surface area contributed by atoms with Crippen molar-refractivity contribution in [1.29, 1.82) is 0 Å². The molecule has 1 atom stereocenters. The Balaban J connectivity index is 2.44. The smallest absolute Gasteiger partial charge is 0.231 e. The molecule has 0 aromatic heterocycles. The molecule has 1 heterocycles. The summed E-state index contributed by atoms with van der Waals surface area (Å²) in [5.41, 5.74) is 7.13. The van der Waals surface area contributed by atoms with E-state index in [1.54, 1.807) is 7.11 Å². The summed E-state index contributed by atoms with van der Waals surface area (Å²) in [6.07, 6.45) is -0.135. The van der Waals surface area contributed by atoms with E-state index in [4.69, 9.17) is 19.9 Å². The first-order valence-corrected chi connectivity index (χ1v) is 5.84. The number of fused-ring (bicyclic) bond motifs is 1. The fourth-order valence-electron chi connectivity index (χ4n) is 1.39. The summed E-state index contributed by atoms with van der Waals surface area (Å²) >= 11 is 3.36. The van der Waals surface area contributed by atoms with E-state index in [-0.39, 0.29) is 12.9 Å².